The van der Waals surface area contributed by atoms with Crippen molar-refractivity contribution in [2.45, 2.75) is 26.0 Å². The largest absolute Gasteiger partial charge is 0.382 e. The molecule has 1 atom stereocenters. The fourth-order valence-electron chi connectivity index (χ4n) is 1.55. The van der Waals surface area contributed by atoms with Crippen molar-refractivity contribution in [3.63, 3.8) is 0 Å². The van der Waals surface area contributed by atoms with Gasteiger partial charge in [-0.05, 0) is 41.4 Å². The molecule has 4 nitrogen and oxygen atoms in total. The Labute approximate surface area is 103 Å². The predicted octanol–water partition coefficient (Wildman–Crippen LogP) is 2.62. The van der Waals surface area contributed by atoms with Crippen molar-refractivity contribution in [1.29, 1.82) is 0 Å². The van der Waals surface area contributed by atoms with Gasteiger partial charge < -0.3 is 4.74 Å². The molecule has 0 amide bonds. The van der Waals surface area contributed by atoms with Crippen LogP contribution in [-0.2, 0) is 11.3 Å². The lowest BCUT2D eigenvalue weighted by Gasteiger charge is -2.08. The van der Waals surface area contributed by atoms with Crippen LogP contribution >= 0.6 is 15.9 Å². The van der Waals surface area contributed by atoms with E-state index in [0.29, 0.717) is 0 Å². The highest BCUT2D eigenvalue weighted by Gasteiger charge is 2.08. The van der Waals surface area contributed by atoms with Gasteiger partial charge in [0.1, 0.15) is 5.52 Å². The van der Waals surface area contributed by atoms with E-state index in [4.69, 9.17) is 4.74 Å². The van der Waals surface area contributed by atoms with E-state index >= 15 is 0 Å². The number of ether oxygens (including phenoxy) is 1. The highest BCUT2D eigenvalue weighted by atomic mass is 79.9. The minimum Gasteiger partial charge on any atom is -0.382 e. The second kappa shape index (κ2) is 4.93. The molecule has 0 fully saturated rings. The van der Waals surface area contributed by atoms with Crippen LogP contribution in [0.2, 0.25) is 0 Å². The second-order valence-electron chi connectivity index (χ2n) is 3.76. The molecule has 1 aromatic heterocycles. The van der Waals surface area contributed by atoms with E-state index < -0.39 is 0 Å². The molecule has 2 rings (SSSR count). The Bertz CT molecular complexity index is 483. The van der Waals surface area contributed by atoms with Gasteiger partial charge in [-0.3, -0.25) is 0 Å². The van der Waals surface area contributed by atoms with Crippen LogP contribution in [0.4, 0.5) is 0 Å². The van der Waals surface area contributed by atoms with Gasteiger partial charge in [0.15, 0.2) is 0 Å². The number of methoxy groups -OCH3 is 1. The monoisotopic (exact) mass is 283 g/mol. The van der Waals surface area contributed by atoms with Crippen LogP contribution in [0.25, 0.3) is 11.0 Å². The van der Waals surface area contributed by atoms with Crippen LogP contribution in [-0.4, -0.2) is 28.2 Å². The highest BCUT2D eigenvalue weighted by molar-refractivity contribution is 9.10. The van der Waals surface area contributed by atoms with E-state index in [0.717, 1.165) is 28.5 Å². The number of hydrogen-bond donors (Lipinski definition) is 0. The summed E-state index contributed by atoms with van der Waals surface area (Å²) in [6.07, 6.45) is 1.17. The van der Waals surface area contributed by atoms with Crippen molar-refractivity contribution in [3.05, 3.63) is 22.7 Å². The van der Waals surface area contributed by atoms with E-state index in [9.17, 15) is 0 Å². The lowest BCUT2D eigenvalue weighted by Crippen LogP contribution is -2.10. The highest BCUT2D eigenvalue weighted by Crippen LogP contribution is 2.21. The molecular formula is C11H14BrN3O. The van der Waals surface area contributed by atoms with E-state index in [-0.39, 0.29) is 6.10 Å². The molecule has 0 spiro atoms. The zero-order valence-corrected chi connectivity index (χ0v) is 10.9. The van der Waals surface area contributed by atoms with Gasteiger partial charge >= 0.3 is 0 Å². The quantitative estimate of drug-likeness (QED) is 0.866. The molecule has 0 bridgehead atoms. The van der Waals surface area contributed by atoms with Crippen LogP contribution in [0.3, 0.4) is 0 Å². The van der Waals surface area contributed by atoms with Crippen LogP contribution < -0.4 is 0 Å². The maximum atomic E-state index is 5.21. The Hall–Kier alpha value is -0.940. The molecule has 2 aromatic rings. The molecule has 0 N–H and O–H groups in total. The van der Waals surface area contributed by atoms with Crippen molar-refractivity contribution in [2.24, 2.45) is 0 Å². The molecule has 16 heavy (non-hydrogen) atoms. The van der Waals surface area contributed by atoms with Gasteiger partial charge in [-0.25, -0.2) is 4.68 Å². The number of benzene rings is 1. The van der Waals surface area contributed by atoms with Gasteiger partial charge in [-0.15, -0.1) is 5.10 Å². The fraction of sp³-hybridized carbons (Fsp3) is 0.455. The standard InChI is InChI=1S/C11H14BrN3O/c1-8(16-2)6-7-15-10-5-3-4-9(12)11(10)13-14-15/h3-5,8H,6-7H2,1-2H3. The zero-order chi connectivity index (χ0) is 11.5. The molecule has 0 saturated heterocycles. The summed E-state index contributed by atoms with van der Waals surface area (Å²) in [5, 5.41) is 8.29. The number of fused-ring (bicyclic) bond motifs is 1. The number of rotatable bonds is 4. The van der Waals surface area contributed by atoms with Crippen molar-refractivity contribution in [1.82, 2.24) is 15.0 Å². The van der Waals surface area contributed by atoms with Crippen molar-refractivity contribution >= 4 is 27.0 Å². The third-order valence-corrected chi connectivity index (χ3v) is 3.29. The first-order valence-corrected chi connectivity index (χ1v) is 6.02. The zero-order valence-electron chi connectivity index (χ0n) is 9.35. The van der Waals surface area contributed by atoms with E-state index in [2.05, 4.69) is 33.2 Å². The van der Waals surface area contributed by atoms with Crippen LogP contribution in [0.1, 0.15) is 13.3 Å². The molecule has 0 aliphatic rings. The summed E-state index contributed by atoms with van der Waals surface area (Å²) in [6, 6.07) is 5.99. The third kappa shape index (κ3) is 2.25. The Morgan fingerprint density at radius 3 is 3.06 bits per heavy atom. The summed E-state index contributed by atoms with van der Waals surface area (Å²) in [4.78, 5) is 0. The van der Waals surface area contributed by atoms with Gasteiger partial charge in [-0.2, -0.15) is 0 Å². The molecule has 86 valence electrons. The number of nitrogens with zero attached hydrogens (tertiary/aromatic N) is 3. The number of aryl methyl sites for hydroxylation is 1. The number of aromatic nitrogens is 3. The van der Waals surface area contributed by atoms with Gasteiger partial charge in [0.25, 0.3) is 0 Å². The summed E-state index contributed by atoms with van der Waals surface area (Å²) in [5.41, 5.74) is 1.96. The smallest absolute Gasteiger partial charge is 0.127 e. The number of hydrogen-bond acceptors (Lipinski definition) is 3. The molecule has 0 aliphatic heterocycles. The van der Waals surface area contributed by atoms with Gasteiger partial charge in [0.2, 0.25) is 0 Å². The van der Waals surface area contributed by atoms with Crippen molar-refractivity contribution in [3.8, 4) is 0 Å². The van der Waals surface area contributed by atoms with Crippen molar-refractivity contribution < 1.29 is 4.74 Å². The lowest BCUT2D eigenvalue weighted by atomic mass is 10.2. The summed E-state index contributed by atoms with van der Waals surface area (Å²) in [6.45, 7) is 2.87. The fourth-order valence-corrected chi connectivity index (χ4v) is 1.98. The average molecular weight is 284 g/mol. The maximum Gasteiger partial charge on any atom is 0.127 e. The minimum absolute atomic E-state index is 0.242. The normalized spacial score (nSPS) is 13.2. The molecular weight excluding hydrogens is 270 g/mol. The van der Waals surface area contributed by atoms with E-state index in [1.165, 1.54) is 0 Å². The Morgan fingerprint density at radius 2 is 2.31 bits per heavy atom. The molecule has 0 aliphatic carbocycles. The minimum atomic E-state index is 0.242. The molecule has 0 saturated carbocycles. The molecule has 5 heteroatoms. The molecule has 1 unspecified atom stereocenters. The predicted molar refractivity (Wildman–Crippen MR) is 66.3 cm³/mol. The summed E-state index contributed by atoms with van der Waals surface area (Å²) >= 11 is 3.46. The first-order valence-electron chi connectivity index (χ1n) is 5.23. The SMILES string of the molecule is COC(C)CCn1nnc2c(Br)cccc21. The Kier molecular flexibility index (Phi) is 3.56. The van der Waals surface area contributed by atoms with E-state index in [1.807, 2.05) is 22.9 Å². The average Bonchev–Trinajstić information content (AvgIpc) is 2.70. The van der Waals surface area contributed by atoms with Crippen LogP contribution in [0.15, 0.2) is 22.7 Å². The molecule has 0 radical (unpaired) electrons. The second-order valence-corrected chi connectivity index (χ2v) is 4.61. The Morgan fingerprint density at radius 1 is 1.50 bits per heavy atom. The van der Waals surface area contributed by atoms with Gasteiger partial charge in [0, 0.05) is 18.1 Å². The third-order valence-electron chi connectivity index (χ3n) is 2.65. The Balaban J connectivity index is 2.22. The molecule has 1 heterocycles. The summed E-state index contributed by atoms with van der Waals surface area (Å²) in [7, 11) is 1.72. The summed E-state index contributed by atoms with van der Waals surface area (Å²) in [5.74, 6) is 0. The molecule has 1 aromatic carbocycles. The first-order chi connectivity index (χ1) is 7.72. The number of halogens is 1. The van der Waals surface area contributed by atoms with Crippen molar-refractivity contribution in [2.75, 3.05) is 7.11 Å². The summed E-state index contributed by atoms with van der Waals surface area (Å²) < 4.78 is 8.11. The van der Waals surface area contributed by atoms with Crippen LogP contribution in [0, 0.1) is 0 Å². The van der Waals surface area contributed by atoms with Gasteiger partial charge in [0.05, 0.1) is 11.6 Å². The lowest BCUT2D eigenvalue weighted by molar-refractivity contribution is 0.106. The first kappa shape index (κ1) is 11.5. The van der Waals surface area contributed by atoms with Gasteiger partial charge in [-0.1, -0.05) is 11.3 Å². The van der Waals surface area contributed by atoms with Crippen LogP contribution in [0.5, 0.6) is 0 Å². The van der Waals surface area contributed by atoms with E-state index in [1.54, 1.807) is 7.11 Å². The maximum absolute atomic E-state index is 5.21. The topological polar surface area (TPSA) is 39.9 Å².